The molecule has 2 N–H and O–H groups in total. The van der Waals surface area contributed by atoms with E-state index in [2.05, 4.69) is 0 Å². The molecule has 0 amide bonds. The quantitative estimate of drug-likeness (QED) is 0.482. The Kier molecular flexibility index (Phi) is 5.27. The van der Waals surface area contributed by atoms with Gasteiger partial charge in [-0.1, -0.05) is 13.8 Å². The number of anilines is 1. The second-order valence-corrected chi connectivity index (χ2v) is 11.1. The number of phenols is 1. The molecule has 35 heavy (non-hydrogen) atoms. The largest absolute Gasteiger partial charge is 0.506 e. The molecule has 3 aliphatic rings. The van der Waals surface area contributed by atoms with Crippen molar-refractivity contribution in [2.45, 2.75) is 52.6 Å². The monoisotopic (exact) mass is 483 g/mol. The zero-order valence-corrected chi connectivity index (χ0v) is 20.6. The third kappa shape index (κ3) is 3.03. The Morgan fingerprint density at radius 3 is 2.14 bits per heavy atom. The minimum absolute atomic E-state index is 0.0116. The average Bonchev–Trinajstić information content (AvgIpc) is 2.69. The highest BCUT2D eigenvalue weighted by Gasteiger charge is 2.73. The van der Waals surface area contributed by atoms with Crippen LogP contribution in [0.2, 0.25) is 0 Å². The van der Waals surface area contributed by atoms with Gasteiger partial charge >= 0.3 is 0 Å². The fraction of sp³-hybridized carbons (Fsp3) is 0.538. The highest BCUT2D eigenvalue weighted by atomic mass is 16.3. The number of Topliss-reactive ketones (excluding diaryl/α,β-unsaturated/α-hetero) is 6. The first-order valence-corrected chi connectivity index (χ1v) is 11.5. The summed E-state index contributed by atoms with van der Waals surface area (Å²) in [6.45, 7) is 5.47. The van der Waals surface area contributed by atoms with E-state index in [0.29, 0.717) is 11.3 Å². The second-order valence-electron chi connectivity index (χ2n) is 11.1. The molecule has 3 aliphatic carbocycles. The van der Waals surface area contributed by atoms with Gasteiger partial charge in [-0.25, -0.2) is 0 Å². The molecular formula is C26H29NO8. The van der Waals surface area contributed by atoms with Gasteiger partial charge in [0.1, 0.15) is 17.5 Å². The van der Waals surface area contributed by atoms with Crippen molar-refractivity contribution in [2.75, 3.05) is 19.0 Å². The van der Waals surface area contributed by atoms with E-state index in [4.69, 9.17) is 0 Å². The zero-order chi connectivity index (χ0) is 26.4. The average molecular weight is 484 g/mol. The van der Waals surface area contributed by atoms with Crippen molar-refractivity contribution in [3.63, 3.8) is 0 Å². The molecular weight excluding hydrogens is 454 g/mol. The SMILES string of the molecule is CC(=O)c1cc(N(C)C)c2c(c1O)C(=O)C1C(=O)[C@]3(O)C(=O)C(C(C)=O)C(=O)C[C@]3(C)C[C@]1(C)C2. The molecule has 0 heterocycles. The van der Waals surface area contributed by atoms with E-state index in [1.54, 1.807) is 25.9 Å². The third-order valence-electron chi connectivity index (χ3n) is 8.23. The number of hydrogen-bond donors (Lipinski definition) is 2. The minimum Gasteiger partial charge on any atom is -0.506 e. The molecule has 186 valence electrons. The summed E-state index contributed by atoms with van der Waals surface area (Å²) in [5.74, 6) is -8.72. The van der Waals surface area contributed by atoms with Crippen LogP contribution in [0.25, 0.3) is 0 Å². The van der Waals surface area contributed by atoms with Crippen LogP contribution in [0.4, 0.5) is 5.69 Å². The molecule has 0 saturated heterocycles. The molecule has 1 aromatic carbocycles. The Morgan fingerprint density at radius 1 is 1.03 bits per heavy atom. The van der Waals surface area contributed by atoms with Crippen molar-refractivity contribution < 1.29 is 39.0 Å². The summed E-state index contributed by atoms with van der Waals surface area (Å²) in [6.07, 6.45) is -0.236. The summed E-state index contributed by atoms with van der Waals surface area (Å²) in [4.78, 5) is 79.8. The molecule has 2 unspecified atom stereocenters. The molecule has 4 rings (SSSR count). The highest BCUT2D eigenvalue weighted by Crippen LogP contribution is 2.61. The number of carbonyl (C=O) groups excluding carboxylic acids is 6. The van der Waals surface area contributed by atoms with Crippen molar-refractivity contribution in [3.8, 4) is 5.75 Å². The Labute approximate surface area is 202 Å². The molecule has 0 spiro atoms. The number of phenolic OH excluding ortho intramolecular Hbond substituents is 1. The highest BCUT2D eigenvalue weighted by molar-refractivity contribution is 6.32. The van der Waals surface area contributed by atoms with Crippen LogP contribution in [0, 0.1) is 22.7 Å². The van der Waals surface area contributed by atoms with Gasteiger partial charge in [-0.05, 0) is 43.7 Å². The van der Waals surface area contributed by atoms with Crippen LogP contribution in [-0.4, -0.2) is 64.6 Å². The van der Waals surface area contributed by atoms with Gasteiger partial charge in [-0.2, -0.15) is 0 Å². The summed E-state index contributed by atoms with van der Waals surface area (Å²) in [5, 5.41) is 22.5. The van der Waals surface area contributed by atoms with Gasteiger partial charge in [0.2, 0.25) is 0 Å². The fourth-order valence-electron chi connectivity index (χ4n) is 6.76. The summed E-state index contributed by atoms with van der Waals surface area (Å²) < 4.78 is 0. The number of nitrogens with zero attached hydrogens (tertiary/aromatic N) is 1. The number of hydrogen-bond acceptors (Lipinski definition) is 9. The number of rotatable bonds is 3. The Hall–Kier alpha value is -3.20. The summed E-state index contributed by atoms with van der Waals surface area (Å²) in [7, 11) is 3.45. The Morgan fingerprint density at radius 2 is 1.63 bits per heavy atom. The first-order chi connectivity index (χ1) is 16.0. The maximum atomic E-state index is 13.9. The van der Waals surface area contributed by atoms with E-state index in [9.17, 15) is 39.0 Å². The van der Waals surface area contributed by atoms with Crippen LogP contribution in [-0.2, 0) is 25.6 Å². The van der Waals surface area contributed by atoms with Gasteiger partial charge in [0, 0.05) is 31.6 Å². The molecule has 0 aliphatic heterocycles. The van der Waals surface area contributed by atoms with E-state index >= 15 is 0 Å². The molecule has 0 bridgehead atoms. The van der Waals surface area contributed by atoms with Crippen LogP contribution >= 0.6 is 0 Å². The lowest BCUT2D eigenvalue weighted by atomic mass is 9.43. The van der Waals surface area contributed by atoms with E-state index in [0.717, 1.165) is 6.92 Å². The predicted octanol–water partition coefficient (Wildman–Crippen LogP) is 1.48. The van der Waals surface area contributed by atoms with Crippen molar-refractivity contribution in [2.24, 2.45) is 22.7 Å². The van der Waals surface area contributed by atoms with Crippen LogP contribution in [0.15, 0.2) is 6.07 Å². The molecule has 2 fully saturated rings. The van der Waals surface area contributed by atoms with Gasteiger partial charge in [0.05, 0.1) is 17.0 Å². The van der Waals surface area contributed by atoms with Crippen LogP contribution in [0.3, 0.4) is 0 Å². The van der Waals surface area contributed by atoms with Crippen molar-refractivity contribution in [1.29, 1.82) is 0 Å². The second kappa shape index (κ2) is 7.40. The van der Waals surface area contributed by atoms with E-state index in [1.165, 1.54) is 19.9 Å². The molecule has 9 heteroatoms. The fourth-order valence-corrected chi connectivity index (χ4v) is 6.76. The lowest BCUT2D eigenvalue weighted by molar-refractivity contribution is -0.193. The summed E-state index contributed by atoms with van der Waals surface area (Å²) in [6, 6.07) is 1.50. The molecule has 9 nitrogen and oxygen atoms in total. The van der Waals surface area contributed by atoms with Crippen LogP contribution < -0.4 is 4.90 Å². The van der Waals surface area contributed by atoms with Gasteiger partial charge in [-0.3, -0.25) is 28.8 Å². The molecule has 0 radical (unpaired) electrons. The topological polar surface area (TPSA) is 146 Å². The van der Waals surface area contributed by atoms with Crippen molar-refractivity contribution >= 4 is 40.4 Å². The van der Waals surface area contributed by atoms with Gasteiger partial charge in [0.15, 0.2) is 34.5 Å². The summed E-state index contributed by atoms with van der Waals surface area (Å²) >= 11 is 0. The Bertz CT molecular complexity index is 1260. The first-order valence-electron chi connectivity index (χ1n) is 11.5. The number of ketones is 6. The van der Waals surface area contributed by atoms with Gasteiger partial charge in [-0.15, -0.1) is 0 Å². The van der Waals surface area contributed by atoms with Gasteiger partial charge in [0.25, 0.3) is 0 Å². The standard InChI is InChI=1S/C26H29NO8/c1-11(28)13-7-15(27(5)6)14-8-24(3)10-25(4)9-16(30)17(12(2)29)22(33)26(25,35)23(34)19(24)21(32)18(14)20(13)31/h7,17,19,31,35H,8-10H2,1-6H3/t17?,19?,24-,25+,26+/m0/s1. The third-order valence-corrected chi connectivity index (χ3v) is 8.23. The molecule has 5 atom stereocenters. The number of fused-ring (bicyclic) bond motifs is 3. The van der Waals surface area contributed by atoms with Crippen LogP contribution in [0.1, 0.15) is 66.8 Å². The molecule has 1 aromatic rings. The smallest absolute Gasteiger partial charge is 0.190 e. The lowest BCUT2D eigenvalue weighted by Crippen LogP contribution is -2.73. The maximum Gasteiger partial charge on any atom is 0.190 e. The normalized spacial score (nSPS) is 34.1. The van der Waals surface area contributed by atoms with Crippen molar-refractivity contribution in [3.05, 3.63) is 22.8 Å². The number of benzene rings is 1. The van der Waals surface area contributed by atoms with Crippen LogP contribution in [0.5, 0.6) is 5.75 Å². The Balaban J connectivity index is 1.97. The summed E-state index contributed by atoms with van der Waals surface area (Å²) in [5.41, 5.74) is -4.56. The predicted molar refractivity (Wildman–Crippen MR) is 124 cm³/mol. The van der Waals surface area contributed by atoms with E-state index in [-0.39, 0.29) is 30.4 Å². The first kappa shape index (κ1) is 24.9. The molecule has 0 aromatic heterocycles. The number of carbonyl (C=O) groups is 6. The maximum absolute atomic E-state index is 13.9. The number of aliphatic hydroxyl groups is 1. The molecule has 2 saturated carbocycles. The van der Waals surface area contributed by atoms with Crippen molar-refractivity contribution in [1.82, 2.24) is 0 Å². The lowest BCUT2D eigenvalue weighted by Gasteiger charge is -2.58. The van der Waals surface area contributed by atoms with E-state index in [1.807, 2.05) is 0 Å². The zero-order valence-electron chi connectivity index (χ0n) is 20.6. The number of aromatic hydroxyl groups is 1. The van der Waals surface area contributed by atoms with Gasteiger partial charge < -0.3 is 15.1 Å². The minimum atomic E-state index is -2.70. The van der Waals surface area contributed by atoms with E-state index < -0.39 is 68.7 Å².